The molecule has 1 amide bonds. The van der Waals surface area contributed by atoms with E-state index in [1.54, 1.807) is 6.20 Å². The van der Waals surface area contributed by atoms with Crippen LogP contribution in [0.3, 0.4) is 0 Å². The Labute approximate surface area is 137 Å². The van der Waals surface area contributed by atoms with E-state index in [0.717, 1.165) is 37.6 Å². The number of carbonyl (C=O) groups excluding carboxylic acids is 1. The summed E-state index contributed by atoms with van der Waals surface area (Å²) in [7, 11) is 0. The van der Waals surface area contributed by atoms with Crippen molar-refractivity contribution in [1.82, 2.24) is 19.8 Å². The summed E-state index contributed by atoms with van der Waals surface area (Å²) in [6.45, 7) is 7.26. The SMILES string of the molecule is Cc1ncccc1C(=O)N1CCN([C@@H](C)c2ccccn2)CC1. The van der Waals surface area contributed by atoms with Crippen LogP contribution >= 0.6 is 0 Å². The summed E-state index contributed by atoms with van der Waals surface area (Å²) < 4.78 is 0. The van der Waals surface area contributed by atoms with E-state index in [2.05, 4.69) is 27.9 Å². The minimum Gasteiger partial charge on any atom is -0.336 e. The lowest BCUT2D eigenvalue weighted by Gasteiger charge is -2.38. The highest BCUT2D eigenvalue weighted by Gasteiger charge is 2.26. The fourth-order valence-corrected chi connectivity index (χ4v) is 3.00. The molecule has 2 aromatic heterocycles. The largest absolute Gasteiger partial charge is 0.336 e. The lowest BCUT2D eigenvalue weighted by molar-refractivity contribution is 0.0578. The Morgan fingerprint density at radius 1 is 1.04 bits per heavy atom. The Bertz CT molecular complexity index is 666. The summed E-state index contributed by atoms with van der Waals surface area (Å²) in [6.07, 6.45) is 3.55. The van der Waals surface area contributed by atoms with Gasteiger partial charge in [-0.2, -0.15) is 0 Å². The van der Waals surface area contributed by atoms with Crippen molar-refractivity contribution < 1.29 is 4.79 Å². The molecular formula is C18H22N4O. The molecule has 5 heteroatoms. The number of nitrogens with zero attached hydrogens (tertiary/aromatic N) is 4. The summed E-state index contributed by atoms with van der Waals surface area (Å²) in [5, 5.41) is 0. The van der Waals surface area contributed by atoms with Gasteiger partial charge >= 0.3 is 0 Å². The molecule has 0 bridgehead atoms. The van der Waals surface area contributed by atoms with Crippen molar-refractivity contribution in [2.24, 2.45) is 0 Å². The first-order chi connectivity index (χ1) is 11.2. The molecule has 0 N–H and O–H groups in total. The molecule has 5 nitrogen and oxygen atoms in total. The van der Waals surface area contributed by atoms with Crippen molar-refractivity contribution in [3.05, 3.63) is 59.7 Å². The van der Waals surface area contributed by atoms with Gasteiger partial charge < -0.3 is 4.90 Å². The second kappa shape index (κ2) is 6.87. The van der Waals surface area contributed by atoms with E-state index in [1.807, 2.05) is 42.3 Å². The number of rotatable bonds is 3. The number of hydrogen-bond acceptors (Lipinski definition) is 4. The molecule has 3 rings (SSSR count). The summed E-state index contributed by atoms with van der Waals surface area (Å²) in [5.41, 5.74) is 2.58. The lowest BCUT2D eigenvalue weighted by Crippen LogP contribution is -2.49. The minimum atomic E-state index is 0.0840. The molecule has 0 unspecified atom stereocenters. The summed E-state index contributed by atoms with van der Waals surface area (Å²) in [6, 6.07) is 9.95. The average Bonchev–Trinajstić information content (AvgIpc) is 2.62. The zero-order valence-electron chi connectivity index (χ0n) is 13.6. The normalized spacial score (nSPS) is 17.0. The van der Waals surface area contributed by atoms with Gasteiger partial charge in [0.25, 0.3) is 5.91 Å². The van der Waals surface area contributed by atoms with E-state index >= 15 is 0 Å². The molecule has 23 heavy (non-hydrogen) atoms. The molecular weight excluding hydrogens is 288 g/mol. The first-order valence-electron chi connectivity index (χ1n) is 8.02. The van der Waals surface area contributed by atoms with Gasteiger partial charge in [-0.1, -0.05) is 6.07 Å². The molecule has 0 aromatic carbocycles. The Kier molecular flexibility index (Phi) is 4.67. The van der Waals surface area contributed by atoms with Gasteiger partial charge in [-0.15, -0.1) is 0 Å². The molecule has 120 valence electrons. The topological polar surface area (TPSA) is 49.3 Å². The molecule has 0 spiro atoms. The van der Waals surface area contributed by atoms with E-state index in [-0.39, 0.29) is 11.9 Å². The quantitative estimate of drug-likeness (QED) is 0.873. The van der Waals surface area contributed by atoms with Crippen LogP contribution in [0.15, 0.2) is 42.7 Å². The van der Waals surface area contributed by atoms with Gasteiger partial charge in [0.05, 0.1) is 11.3 Å². The molecule has 1 saturated heterocycles. The third kappa shape index (κ3) is 3.40. The van der Waals surface area contributed by atoms with Crippen LogP contribution < -0.4 is 0 Å². The van der Waals surface area contributed by atoms with Crippen molar-refractivity contribution in [2.45, 2.75) is 19.9 Å². The highest BCUT2D eigenvalue weighted by atomic mass is 16.2. The van der Waals surface area contributed by atoms with Crippen LogP contribution in [-0.4, -0.2) is 51.9 Å². The predicted octanol–water partition coefficient (Wildman–Crippen LogP) is 2.30. The zero-order valence-corrected chi connectivity index (χ0v) is 13.6. The first-order valence-corrected chi connectivity index (χ1v) is 8.02. The maximum absolute atomic E-state index is 12.6. The Morgan fingerprint density at radius 2 is 1.78 bits per heavy atom. The van der Waals surface area contributed by atoms with Gasteiger partial charge in [-0.25, -0.2) is 0 Å². The maximum Gasteiger partial charge on any atom is 0.255 e. The van der Waals surface area contributed by atoms with Crippen LogP contribution in [0.1, 0.15) is 34.7 Å². The van der Waals surface area contributed by atoms with Crippen LogP contribution in [0.25, 0.3) is 0 Å². The van der Waals surface area contributed by atoms with Gasteiger partial charge in [0.15, 0.2) is 0 Å². The predicted molar refractivity (Wildman–Crippen MR) is 89.1 cm³/mol. The number of aromatic nitrogens is 2. The Morgan fingerprint density at radius 3 is 2.43 bits per heavy atom. The fraction of sp³-hybridized carbons (Fsp3) is 0.389. The smallest absolute Gasteiger partial charge is 0.255 e. The van der Waals surface area contributed by atoms with Crippen molar-refractivity contribution in [2.75, 3.05) is 26.2 Å². The molecule has 0 radical (unpaired) electrons. The third-order valence-corrected chi connectivity index (χ3v) is 4.50. The highest BCUT2D eigenvalue weighted by molar-refractivity contribution is 5.95. The van der Waals surface area contributed by atoms with Crippen LogP contribution in [0.2, 0.25) is 0 Å². The summed E-state index contributed by atoms with van der Waals surface area (Å²) >= 11 is 0. The second-order valence-electron chi connectivity index (χ2n) is 5.90. The summed E-state index contributed by atoms with van der Waals surface area (Å²) in [5.74, 6) is 0.0840. The third-order valence-electron chi connectivity index (χ3n) is 4.50. The fourth-order valence-electron chi connectivity index (χ4n) is 3.00. The monoisotopic (exact) mass is 310 g/mol. The van der Waals surface area contributed by atoms with E-state index in [0.29, 0.717) is 5.56 Å². The van der Waals surface area contributed by atoms with Crippen LogP contribution in [0.5, 0.6) is 0 Å². The minimum absolute atomic E-state index is 0.0840. The molecule has 0 aliphatic carbocycles. The number of carbonyl (C=O) groups is 1. The van der Waals surface area contributed by atoms with Gasteiger partial charge in [0, 0.05) is 50.3 Å². The Hall–Kier alpha value is -2.27. The zero-order chi connectivity index (χ0) is 16.2. The maximum atomic E-state index is 12.6. The van der Waals surface area contributed by atoms with Crippen LogP contribution in [0, 0.1) is 6.92 Å². The number of aryl methyl sites for hydroxylation is 1. The number of piperazine rings is 1. The van der Waals surface area contributed by atoms with Crippen LogP contribution in [-0.2, 0) is 0 Å². The van der Waals surface area contributed by atoms with Gasteiger partial charge in [0.2, 0.25) is 0 Å². The molecule has 1 atom stereocenters. The highest BCUT2D eigenvalue weighted by Crippen LogP contribution is 2.20. The van der Waals surface area contributed by atoms with Crippen molar-refractivity contribution in [1.29, 1.82) is 0 Å². The van der Waals surface area contributed by atoms with Gasteiger partial charge in [-0.05, 0) is 38.1 Å². The molecule has 0 saturated carbocycles. The van der Waals surface area contributed by atoms with E-state index in [1.165, 1.54) is 0 Å². The molecule has 3 heterocycles. The lowest BCUT2D eigenvalue weighted by atomic mass is 10.1. The van der Waals surface area contributed by atoms with Crippen molar-refractivity contribution >= 4 is 5.91 Å². The van der Waals surface area contributed by atoms with Gasteiger partial charge in [0.1, 0.15) is 0 Å². The van der Waals surface area contributed by atoms with Gasteiger partial charge in [-0.3, -0.25) is 19.7 Å². The van der Waals surface area contributed by atoms with Crippen LogP contribution in [0.4, 0.5) is 0 Å². The average molecular weight is 310 g/mol. The first kappa shape index (κ1) is 15.6. The molecule has 1 fully saturated rings. The number of amides is 1. The standard InChI is InChI=1S/C18H22N4O/c1-14-16(6-5-9-19-14)18(23)22-12-10-21(11-13-22)15(2)17-7-3-4-8-20-17/h3-9,15H,10-13H2,1-2H3/t15-/m0/s1. The summed E-state index contributed by atoms with van der Waals surface area (Å²) in [4.78, 5) is 25.6. The number of hydrogen-bond donors (Lipinski definition) is 0. The molecule has 1 aliphatic rings. The van der Waals surface area contributed by atoms with Crippen molar-refractivity contribution in [3.8, 4) is 0 Å². The number of pyridine rings is 2. The Balaban J connectivity index is 1.62. The molecule has 2 aromatic rings. The molecule has 1 aliphatic heterocycles. The van der Waals surface area contributed by atoms with E-state index in [4.69, 9.17) is 0 Å². The van der Waals surface area contributed by atoms with E-state index in [9.17, 15) is 4.79 Å². The van der Waals surface area contributed by atoms with E-state index < -0.39 is 0 Å². The van der Waals surface area contributed by atoms with Crippen molar-refractivity contribution in [3.63, 3.8) is 0 Å². The second-order valence-corrected chi connectivity index (χ2v) is 5.90.